The molecule has 1 atom stereocenters. The number of ether oxygens (including phenoxy) is 1. The molecular formula is C18H14ClF3N2O3. The molecule has 2 amide bonds. The smallest absolute Gasteiger partial charge is 0.416 e. The van der Waals surface area contributed by atoms with E-state index in [1.165, 1.54) is 11.8 Å². The summed E-state index contributed by atoms with van der Waals surface area (Å²) in [4.78, 5) is 26.1. The Labute approximate surface area is 157 Å². The van der Waals surface area contributed by atoms with Crippen LogP contribution in [0.5, 0.6) is 5.75 Å². The molecule has 0 spiro atoms. The van der Waals surface area contributed by atoms with Crippen molar-refractivity contribution < 1.29 is 27.5 Å². The third-order valence-electron chi connectivity index (χ3n) is 4.06. The van der Waals surface area contributed by atoms with E-state index in [1.807, 2.05) is 0 Å². The Balaban J connectivity index is 1.86. The standard InChI is InChI=1S/C18H14ClF3N2O3/c1-10(24-14-4-2-3-5-15(14)27-9-16(24)25)17(26)23-13-8-11(18(20,21)22)6-7-12(13)19/h2-8,10H,9H2,1H3,(H,23,26). The molecule has 1 heterocycles. The van der Waals surface area contributed by atoms with E-state index in [-0.39, 0.29) is 17.3 Å². The molecule has 9 heteroatoms. The van der Waals surface area contributed by atoms with Crippen LogP contribution in [0.4, 0.5) is 24.5 Å². The molecule has 0 bridgehead atoms. The molecule has 0 saturated carbocycles. The molecule has 1 N–H and O–H groups in total. The first-order valence-electron chi connectivity index (χ1n) is 7.90. The molecule has 2 aromatic carbocycles. The molecule has 1 aliphatic rings. The van der Waals surface area contributed by atoms with Gasteiger partial charge in [0.05, 0.1) is 22.0 Å². The molecule has 1 aliphatic heterocycles. The van der Waals surface area contributed by atoms with Gasteiger partial charge in [0.15, 0.2) is 6.61 Å². The van der Waals surface area contributed by atoms with Gasteiger partial charge >= 0.3 is 6.18 Å². The second-order valence-corrected chi connectivity index (χ2v) is 6.28. The lowest BCUT2D eigenvalue weighted by Gasteiger charge is -2.33. The highest BCUT2D eigenvalue weighted by atomic mass is 35.5. The highest BCUT2D eigenvalue weighted by Gasteiger charge is 2.34. The zero-order chi connectivity index (χ0) is 19.8. The van der Waals surface area contributed by atoms with Gasteiger partial charge in [0.2, 0.25) is 5.91 Å². The van der Waals surface area contributed by atoms with Gasteiger partial charge in [0.1, 0.15) is 11.8 Å². The highest BCUT2D eigenvalue weighted by molar-refractivity contribution is 6.33. The number of carbonyl (C=O) groups is 2. The average molecular weight is 399 g/mol. The molecule has 0 aromatic heterocycles. The van der Waals surface area contributed by atoms with Crippen LogP contribution in [0.25, 0.3) is 0 Å². The lowest BCUT2D eigenvalue weighted by Crippen LogP contribution is -2.49. The molecule has 3 rings (SSSR count). The molecule has 0 radical (unpaired) electrons. The van der Waals surface area contributed by atoms with Gasteiger partial charge in [0.25, 0.3) is 5.91 Å². The monoisotopic (exact) mass is 398 g/mol. The van der Waals surface area contributed by atoms with Crippen LogP contribution in [-0.2, 0) is 15.8 Å². The first kappa shape index (κ1) is 19.0. The Morgan fingerprint density at radius 3 is 2.67 bits per heavy atom. The quantitative estimate of drug-likeness (QED) is 0.846. The van der Waals surface area contributed by atoms with Gasteiger partial charge in [-0.15, -0.1) is 0 Å². The number of alkyl halides is 3. The van der Waals surface area contributed by atoms with Gasteiger partial charge in [-0.3, -0.25) is 14.5 Å². The highest BCUT2D eigenvalue weighted by Crippen LogP contribution is 2.35. The largest absolute Gasteiger partial charge is 0.482 e. The fourth-order valence-electron chi connectivity index (χ4n) is 2.70. The summed E-state index contributed by atoms with van der Waals surface area (Å²) in [5.41, 5.74) is -0.716. The van der Waals surface area contributed by atoms with Crippen LogP contribution in [-0.4, -0.2) is 24.5 Å². The molecule has 0 saturated heterocycles. The van der Waals surface area contributed by atoms with Gasteiger partial charge in [0, 0.05) is 0 Å². The number of hydrogen-bond acceptors (Lipinski definition) is 3. The maximum atomic E-state index is 12.9. The minimum absolute atomic E-state index is 0.0442. The fourth-order valence-corrected chi connectivity index (χ4v) is 2.86. The molecule has 0 fully saturated rings. The minimum atomic E-state index is -4.57. The van der Waals surface area contributed by atoms with Crippen LogP contribution in [0.3, 0.4) is 0 Å². The van der Waals surface area contributed by atoms with Gasteiger partial charge in [-0.05, 0) is 37.3 Å². The summed E-state index contributed by atoms with van der Waals surface area (Å²) in [7, 11) is 0. The van der Waals surface area contributed by atoms with Crippen LogP contribution in [0.1, 0.15) is 12.5 Å². The molecule has 27 heavy (non-hydrogen) atoms. The number of rotatable bonds is 3. The van der Waals surface area contributed by atoms with Gasteiger partial charge < -0.3 is 10.1 Å². The summed E-state index contributed by atoms with van der Waals surface area (Å²) in [5.74, 6) is -0.679. The molecule has 0 aliphatic carbocycles. The number of nitrogens with one attached hydrogen (secondary N) is 1. The van der Waals surface area contributed by atoms with E-state index >= 15 is 0 Å². The van der Waals surface area contributed by atoms with Crippen molar-refractivity contribution in [3.63, 3.8) is 0 Å². The van der Waals surface area contributed by atoms with E-state index in [4.69, 9.17) is 16.3 Å². The third kappa shape index (κ3) is 3.85. The van der Waals surface area contributed by atoms with Crippen LogP contribution in [0, 0.1) is 0 Å². The Bertz CT molecular complexity index is 902. The van der Waals surface area contributed by atoms with E-state index in [2.05, 4.69) is 5.32 Å². The van der Waals surface area contributed by atoms with Crippen LogP contribution in [0.15, 0.2) is 42.5 Å². The van der Waals surface area contributed by atoms with E-state index < -0.39 is 29.6 Å². The zero-order valence-electron chi connectivity index (χ0n) is 14.0. The van der Waals surface area contributed by atoms with E-state index in [9.17, 15) is 22.8 Å². The number of halogens is 4. The number of nitrogens with zero attached hydrogens (tertiary/aromatic N) is 1. The SMILES string of the molecule is CC(C(=O)Nc1cc(C(F)(F)F)ccc1Cl)N1C(=O)COc2ccccc21. The third-order valence-corrected chi connectivity index (χ3v) is 4.39. The number of amides is 2. The Hall–Kier alpha value is -2.74. The maximum absolute atomic E-state index is 12.9. The Kier molecular flexibility index (Phi) is 5.01. The number of para-hydroxylation sites is 2. The minimum Gasteiger partial charge on any atom is -0.482 e. The Morgan fingerprint density at radius 2 is 1.96 bits per heavy atom. The normalized spacial score (nSPS) is 15.0. The number of hydrogen-bond donors (Lipinski definition) is 1. The lowest BCUT2D eigenvalue weighted by molar-refractivity contribution is -0.137. The first-order chi connectivity index (χ1) is 12.7. The fraction of sp³-hybridized carbons (Fsp3) is 0.222. The summed E-state index contributed by atoms with van der Waals surface area (Å²) >= 11 is 5.91. The Morgan fingerprint density at radius 1 is 1.26 bits per heavy atom. The zero-order valence-corrected chi connectivity index (χ0v) is 14.8. The van der Waals surface area contributed by atoms with Crippen molar-refractivity contribution in [1.82, 2.24) is 0 Å². The lowest BCUT2D eigenvalue weighted by atomic mass is 10.1. The average Bonchev–Trinajstić information content (AvgIpc) is 2.62. The summed E-state index contributed by atoms with van der Waals surface area (Å²) in [5, 5.41) is 2.32. The van der Waals surface area contributed by atoms with E-state index in [0.717, 1.165) is 18.2 Å². The molecule has 2 aromatic rings. The second kappa shape index (κ2) is 7.11. The van der Waals surface area contributed by atoms with E-state index in [1.54, 1.807) is 24.3 Å². The topological polar surface area (TPSA) is 58.6 Å². The summed E-state index contributed by atoms with van der Waals surface area (Å²) in [6, 6.07) is 8.32. The first-order valence-corrected chi connectivity index (χ1v) is 8.28. The van der Waals surface area contributed by atoms with Gasteiger partial charge in [-0.1, -0.05) is 23.7 Å². The predicted octanol–water partition coefficient (Wildman–Crippen LogP) is 4.11. The van der Waals surface area contributed by atoms with E-state index in [0.29, 0.717) is 11.4 Å². The predicted molar refractivity (Wildman–Crippen MR) is 94.0 cm³/mol. The van der Waals surface area contributed by atoms with Gasteiger partial charge in [-0.25, -0.2) is 0 Å². The number of carbonyl (C=O) groups excluding carboxylic acids is 2. The number of fused-ring (bicyclic) bond motifs is 1. The van der Waals surface area contributed by atoms with Crippen LogP contribution < -0.4 is 15.0 Å². The number of benzene rings is 2. The van der Waals surface area contributed by atoms with Crippen molar-refractivity contribution in [3.05, 3.63) is 53.1 Å². The van der Waals surface area contributed by atoms with Crippen molar-refractivity contribution >= 4 is 34.8 Å². The van der Waals surface area contributed by atoms with Crippen molar-refractivity contribution in [3.8, 4) is 5.75 Å². The van der Waals surface area contributed by atoms with Crippen molar-refractivity contribution in [2.45, 2.75) is 19.1 Å². The van der Waals surface area contributed by atoms with Gasteiger partial charge in [-0.2, -0.15) is 13.2 Å². The summed E-state index contributed by atoms with van der Waals surface area (Å²) < 4.78 is 44.0. The van der Waals surface area contributed by atoms with Crippen LogP contribution in [0.2, 0.25) is 5.02 Å². The van der Waals surface area contributed by atoms with Crippen molar-refractivity contribution in [2.24, 2.45) is 0 Å². The van der Waals surface area contributed by atoms with Crippen LogP contribution >= 0.6 is 11.6 Å². The maximum Gasteiger partial charge on any atom is 0.416 e. The molecular weight excluding hydrogens is 385 g/mol. The van der Waals surface area contributed by atoms with Crippen molar-refractivity contribution in [1.29, 1.82) is 0 Å². The summed E-state index contributed by atoms with van der Waals surface area (Å²) in [6.07, 6.45) is -4.57. The molecule has 5 nitrogen and oxygen atoms in total. The molecule has 142 valence electrons. The van der Waals surface area contributed by atoms with Crippen molar-refractivity contribution in [2.75, 3.05) is 16.8 Å². The summed E-state index contributed by atoms with van der Waals surface area (Å²) in [6.45, 7) is 1.23. The number of anilines is 2. The molecule has 1 unspecified atom stereocenters. The second-order valence-electron chi connectivity index (χ2n) is 5.88.